The van der Waals surface area contributed by atoms with Gasteiger partial charge in [-0.15, -0.1) is 0 Å². The monoisotopic (exact) mass is 272 g/mol. The Morgan fingerprint density at radius 3 is 2.74 bits per heavy atom. The van der Waals surface area contributed by atoms with E-state index < -0.39 is 0 Å². The number of rotatable bonds is 9. The van der Waals surface area contributed by atoms with Gasteiger partial charge in [0.25, 0.3) is 0 Å². The Morgan fingerprint density at radius 1 is 1.37 bits per heavy atom. The normalized spacial score (nSPS) is 23.5. The van der Waals surface area contributed by atoms with Gasteiger partial charge in [0.2, 0.25) is 0 Å². The van der Waals surface area contributed by atoms with Gasteiger partial charge < -0.3 is 20.1 Å². The van der Waals surface area contributed by atoms with Gasteiger partial charge in [-0.3, -0.25) is 0 Å². The van der Waals surface area contributed by atoms with Gasteiger partial charge in [0.15, 0.2) is 0 Å². The van der Waals surface area contributed by atoms with E-state index in [-0.39, 0.29) is 12.1 Å². The zero-order valence-corrected chi connectivity index (χ0v) is 13.0. The Kier molecular flexibility index (Phi) is 7.91. The molecule has 0 bridgehead atoms. The van der Waals surface area contributed by atoms with Crippen LogP contribution in [0.1, 0.15) is 45.4 Å². The number of aliphatic hydroxyl groups excluding tert-OH is 1. The van der Waals surface area contributed by atoms with Crippen molar-refractivity contribution in [1.29, 1.82) is 0 Å². The molecule has 19 heavy (non-hydrogen) atoms. The summed E-state index contributed by atoms with van der Waals surface area (Å²) in [6.07, 6.45) is 7.55. The van der Waals surface area contributed by atoms with Gasteiger partial charge in [-0.05, 0) is 59.7 Å². The summed E-state index contributed by atoms with van der Waals surface area (Å²) < 4.78 is 5.76. The highest BCUT2D eigenvalue weighted by Gasteiger charge is 2.20. The second kappa shape index (κ2) is 8.90. The van der Waals surface area contributed by atoms with Crippen molar-refractivity contribution >= 4 is 0 Å². The average Bonchev–Trinajstić information content (AvgIpc) is 2.44. The highest BCUT2D eigenvalue weighted by molar-refractivity contribution is 4.80. The van der Waals surface area contributed by atoms with E-state index in [2.05, 4.69) is 24.2 Å². The summed E-state index contributed by atoms with van der Waals surface area (Å²) in [5, 5.41) is 12.5. The number of aliphatic hydroxyl groups is 1. The second-order valence-corrected chi connectivity index (χ2v) is 6.18. The summed E-state index contributed by atoms with van der Waals surface area (Å²) in [4.78, 5) is 2.38. The zero-order chi connectivity index (χ0) is 14.1. The Labute approximate surface area is 118 Å². The van der Waals surface area contributed by atoms with Crippen LogP contribution in [0.25, 0.3) is 0 Å². The van der Waals surface area contributed by atoms with Gasteiger partial charge in [-0.1, -0.05) is 6.42 Å². The lowest BCUT2D eigenvalue weighted by atomic mass is 9.96. The fourth-order valence-corrected chi connectivity index (χ4v) is 2.57. The maximum atomic E-state index is 9.32. The summed E-state index contributed by atoms with van der Waals surface area (Å²) >= 11 is 0. The summed E-state index contributed by atoms with van der Waals surface area (Å²) in [6.45, 7) is 5.39. The van der Waals surface area contributed by atoms with Crippen molar-refractivity contribution in [1.82, 2.24) is 10.2 Å². The molecule has 1 rings (SSSR count). The molecule has 0 aliphatic carbocycles. The van der Waals surface area contributed by atoms with Crippen LogP contribution in [0.15, 0.2) is 0 Å². The zero-order valence-electron chi connectivity index (χ0n) is 13.0. The van der Waals surface area contributed by atoms with E-state index in [1.54, 1.807) is 0 Å². The molecule has 1 heterocycles. The third-order valence-electron chi connectivity index (χ3n) is 4.26. The van der Waals surface area contributed by atoms with Crippen LogP contribution in [0.4, 0.5) is 0 Å². The standard InChI is InChI=1S/C15H32N2O2/c1-15(13-18,16-2)9-5-6-10-17(3)12-14-8-4-7-11-19-14/h14,16,18H,4-13H2,1-3H3. The highest BCUT2D eigenvalue weighted by atomic mass is 16.5. The molecule has 0 aromatic heterocycles. The molecule has 0 radical (unpaired) electrons. The first-order valence-corrected chi connectivity index (χ1v) is 7.69. The molecule has 2 unspecified atom stereocenters. The van der Waals surface area contributed by atoms with E-state index in [4.69, 9.17) is 4.74 Å². The van der Waals surface area contributed by atoms with Gasteiger partial charge in [-0.2, -0.15) is 0 Å². The first-order valence-electron chi connectivity index (χ1n) is 7.69. The van der Waals surface area contributed by atoms with Gasteiger partial charge in [0.1, 0.15) is 0 Å². The molecule has 1 saturated heterocycles. The first kappa shape index (κ1) is 16.9. The maximum absolute atomic E-state index is 9.32. The van der Waals surface area contributed by atoms with Crippen LogP contribution in [-0.4, -0.2) is 62.0 Å². The number of hydrogen-bond acceptors (Lipinski definition) is 4. The Morgan fingerprint density at radius 2 is 2.16 bits per heavy atom. The van der Waals surface area contributed by atoms with E-state index in [0.717, 1.165) is 32.5 Å². The molecule has 2 N–H and O–H groups in total. The van der Waals surface area contributed by atoms with Crippen molar-refractivity contribution in [2.24, 2.45) is 0 Å². The van der Waals surface area contributed by atoms with Crippen LogP contribution in [0.3, 0.4) is 0 Å². The van der Waals surface area contributed by atoms with E-state index in [0.29, 0.717) is 6.10 Å². The van der Waals surface area contributed by atoms with Crippen LogP contribution in [-0.2, 0) is 4.74 Å². The predicted octanol–water partition coefficient (Wildman–Crippen LogP) is 1.63. The average molecular weight is 272 g/mol. The van der Waals surface area contributed by atoms with Crippen molar-refractivity contribution in [2.45, 2.75) is 57.1 Å². The smallest absolute Gasteiger partial charge is 0.0701 e. The lowest BCUT2D eigenvalue weighted by Crippen LogP contribution is -2.43. The number of hydrogen-bond donors (Lipinski definition) is 2. The maximum Gasteiger partial charge on any atom is 0.0701 e. The molecule has 4 heteroatoms. The summed E-state index contributed by atoms with van der Waals surface area (Å²) in [6, 6.07) is 0. The second-order valence-electron chi connectivity index (χ2n) is 6.18. The molecular formula is C15H32N2O2. The van der Waals surface area contributed by atoms with Crippen LogP contribution in [0.2, 0.25) is 0 Å². The molecular weight excluding hydrogens is 240 g/mol. The van der Waals surface area contributed by atoms with Crippen LogP contribution in [0, 0.1) is 0 Å². The molecule has 114 valence electrons. The first-order chi connectivity index (χ1) is 9.09. The number of nitrogens with one attached hydrogen (secondary N) is 1. The number of unbranched alkanes of at least 4 members (excludes halogenated alkanes) is 1. The number of likely N-dealkylation sites (N-methyl/N-ethyl adjacent to an activating group) is 2. The minimum atomic E-state index is -0.120. The van der Waals surface area contributed by atoms with E-state index in [1.807, 2.05) is 7.05 Å². The molecule has 1 aliphatic rings. The molecule has 0 aromatic rings. The minimum Gasteiger partial charge on any atom is -0.394 e. The molecule has 0 aromatic carbocycles. The molecule has 1 fully saturated rings. The number of ether oxygens (including phenoxy) is 1. The molecule has 4 nitrogen and oxygen atoms in total. The Hall–Kier alpha value is -0.160. The molecule has 1 aliphatic heterocycles. The molecule has 2 atom stereocenters. The van der Waals surface area contributed by atoms with Crippen molar-refractivity contribution in [2.75, 3.05) is 40.4 Å². The highest BCUT2D eigenvalue weighted by Crippen LogP contribution is 2.15. The largest absolute Gasteiger partial charge is 0.394 e. The van der Waals surface area contributed by atoms with Crippen molar-refractivity contribution < 1.29 is 9.84 Å². The summed E-state index contributed by atoms with van der Waals surface area (Å²) in [5.41, 5.74) is -0.120. The summed E-state index contributed by atoms with van der Waals surface area (Å²) in [7, 11) is 4.10. The van der Waals surface area contributed by atoms with Crippen molar-refractivity contribution in [3.63, 3.8) is 0 Å². The minimum absolute atomic E-state index is 0.120. The molecule has 0 amide bonds. The molecule has 0 saturated carbocycles. The van der Waals surface area contributed by atoms with Gasteiger partial charge in [-0.25, -0.2) is 0 Å². The van der Waals surface area contributed by atoms with E-state index in [9.17, 15) is 5.11 Å². The number of nitrogens with zero attached hydrogens (tertiary/aromatic N) is 1. The van der Waals surface area contributed by atoms with Crippen LogP contribution < -0.4 is 5.32 Å². The topological polar surface area (TPSA) is 44.7 Å². The van der Waals surface area contributed by atoms with Gasteiger partial charge in [0.05, 0.1) is 12.7 Å². The SMILES string of the molecule is CNC(C)(CO)CCCCN(C)CC1CCCCO1. The third-order valence-corrected chi connectivity index (χ3v) is 4.26. The Balaban J connectivity index is 2.08. The summed E-state index contributed by atoms with van der Waals surface area (Å²) in [5.74, 6) is 0. The van der Waals surface area contributed by atoms with Crippen LogP contribution >= 0.6 is 0 Å². The van der Waals surface area contributed by atoms with Crippen molar-refractivity contribution in [3.8, 4) is 0 Å². The van der Waals surface area contributed by atoms with Gasteiger partial charge >= 0.3 is 0 Å². The van der Waals surface area contributed by atoms with Gasteiger partial charge in [0, 0.05) is 18.7 Å². The van der Waals surface area contributed by atoms with Crippen molar-refractivity contribution in [3.05, 3.63) is 0 Å². The Bertz CT molecular complexity index is 226. The van der Waals surface area contributed by atoms with E-state index in [1.165, 1.54) is 25.7 Å². The van der Waals surface area contributed by atoms with E-state index >= 15 is 0 Å². The lowest BCUT2D eigenvalue weighted by Gasteiger charge is -2.29. The van der Waals surface area contributed by atoms with Crippen LogP contribution in [0.5, 0.6) is 0 Å². The third kappa shape index (κ3) is 6.70. The fraction of sp³-hybridized carbons (Fsp3) is 1.00. The molecule has 0 spiro atoms. The lowest BCUT2D eigenvalue weighted by molar-refractivity contribution is -0.00169. The predicted molar refractivity (Wildman–Crippen MR) is 79.5 cm³/mol. The quantitative estimate of drug-likeness (QED) is 0.626. The fourth-order valence-electron chi connectivity index (χ4n) is 2.57.